The second kappa shape index (κ2) is 10.2. The molecule has 1 amide bonds. The van der Waals surface area contributed by atoms with E-state index in [2.05, 4.69) is 10.0 Å². The van der Waals surface area contributed by atoms with Gasteiger partial charge in [-0.15, -0.1) is 11.6 Å². The lowest BCUT2D eigenvalue weighted by atomic mass is 10.1. The largest absolute Gasteiger partial charge is 0.484 e. The van der Waals surface area contributed by atoms with Crippen molar-refractivity contribution in [3.05, 3.63) is 54.1 Å². The van der Waals surface area contributed by atoms with Crippen LogP contribution >= 0.6 is 11.6 Å². The number of alkyl halides is 1. The van der Waals surface area contributed by atoms with Gasteiger partial charge in [-0.05, 0) is 49.6 Å². The number of anilines is 1. The third-order valence-electron chi connectivity index (χ3n) is 3.66. The Morgan fingerprint density at radius 1 is 1.15 bits per heavy atom. The number of ether oxygens (including phenoxy) is 1. The van der Waals surface area contributed by atoms with Gasteiger partial charge in [0.2, 0.25) is 0 Å². The van der Waals surface area contributed by atoms with Crippen molar-refractivity contribution in [2.75, 3.05) is 23.8 Å². The predicted octanol–water partition coefficient (Wildman–Crippen LogP) is 3.17. The van der Waals surface area contributed by atoms with Crippen molar-refractivity contribution >= 4 is 33.2 Å². The van der Waals surface area contributed by atoms with Crippen LogP contribution in [-0.2, 0) is 21.2 Å². The first kappa shape index (κ1) is 21.1. The van der Waals surface area contributed by atoms with Crippen LogP contribution in [0.1, 0.15) is 18.9 Å². The van der Waals surface area contributed by atoms with Crippen LogP contribution in [0.2, 0.25) is 0 Å². The van der Waals surface area contributed by atoms with Crippen LogP contribution in [0.15, 0.2) is 53.4 Å². The summed E-state index contributed by atoms with van der Waals surface area (Å²) in [5.74, 6) is 0.732. The minimum atomic E-state index is -3.72. The topological polar surface area (TPSA) is 84.5 Å². The van der Waals surface area contributed by atoms with Crippen LogP contribution in [0.3, 0.4) is 0 Å². The van der Waals surface area contributed by atoms with Crippen LogP contribution < -0.4 is 14.8 Å². The van der Waals surface area contributed by atoms with Crippen LogP contribution in [-0.4, -0.2) is 33.4 Å². The first-order valence-electron chi connectivity index (χ1n) is 8.62. The fourth-order valence-electron chi connectivity index (χ4n) is 2.37. The second-order valence-electron chi connectivity index (χ2n) is 5.81. The van der Waals surface area contributed by atoms with E-state index in [1.165, 1.54) is 6.07 Å². The zero-order valence-electron chi connectivity index (χ0n) is 15.1. The summed E-state index contributed by atoms with van der Waals surface area (Å²) in [6, 6.07) is 13.2. The number of nitrogens with one attached hydrogen (secondary N) is 2. The molecule has 0 aliphatic heterocycles. The first-order chi connectivity index (χ1) is 12.9. The maximum absolute atomic E-state index is 12.6. The molecule has 2 aromatic carbocycles. The molecule has 0 fully saturated rings. The number of likely N-dealkylation sites (N-methyl/N-ethyl adjacent to an activating group) is 1. The molecule has 0 aliphatic rings. The number of carbonyl (C=O) groups is 1. The summed E-state index contributed by atoms with van der Waals surface area (Å²) in [6.07, 6.45) is 1.65. The van der Waals surface area contributed by atoms with Crippen molar-refractivity contribution in [1.82, 2.24) is 5.32 Å². The highest BCUT2D eigenvalue weighted by atomic mass is 35.5. The Balaban J connectivity index is 2.04. The standard InChI is InChI=1S/C19H23ClN2O4S/c1-2-21-19(23)14-26-17-7-3-6-16(13-17)22-27(24,25)18-10-8-15(9-11-18)5-4-12-20/h3,6-11,13,22H,2,4-5,12,14H2,1H3,(H,21,23). The van der Waals surface area contributed by atoms with Crippen LogP contribution in [0.5, 0.6) is 5.75 Å². The molecule has 0 aliphatic carbocycles. The molecule has 2 N–H and O–H groups in total. The van der Waals surface area contributed by atoms with Gasteiger partial charge in [-0.25, -0.2) is 8.42 Å². The lowest BCUT2D eigenvalue weighted by Gasteiger charge is -2.11. The number of aryl methyl sites for hydroxylation is 1. The minimum Gasteiger partial charge on any atom is -0.484 e. The number of amides is 1. The van der Waals surface area contributed by atoms with Crippen LogP contribution in [0.4, 0.5) is 5.69 Å². The molecular weight excluding hydrogens is 388 g/mol. The highest BCUT2D eigenvalue weighted by molar-refractivity contribution is 7.92. The average Bonchev–Trinajstić information content (AvgIpc) is 2.65. The summed E-state index contributed by atoms with van der Waals surface area (Å²) < 4.78 is 33.0. The number of hydrogen-bond acceptors (Lipinski definition) is 4. The SMILES string of the molecule is CCNC(=O)COc1cccc(NS(=O)(=O)c2ccc(CCCCl)cc2)c1. The molecular formula is C19H23ClN2O4S. The summed E-state index contributed by atoms with van der Waals surface area (Å²) in [7, 11) is -3.72. The number of benzene rings is 2. The Labute approximate surface area is 164 Å². The van der Waals surface area contributed by atoms with Crippen LogP contribution in [0.25, 0.3) is 0 Å². The van der Waals surface area contributed by atoms with Gasteiger partial charge in [-0.2, -0.15) is 0 Å². The number of halogens is 1. The summed E-state index contributed by atoms with van der Waals surface area (Å²) in [6.45, 7) is 2.21. The summed E-state index contributed by atoms with van der Waals surface area (Å²) in [4.78, 5) is 11.6. The molecule has 0 heterocycles. The number of hydrogen-bond donors (Lipinski definition) is 2. The Bertz CT molecular complexity index is 854. The Hall–Kier alpha value is -2.25. The predicted molar refractivity (Wildman–Crippen MR) is 107 cm³/mol. The van der Waals surface area contributed by atoms with E-state index in [-0.39, 0.29) is 17.4 Å². The number of carbonyl (C=O) groups excluding carboxylic acids is 1. The molecule has 0 bridgehead atoms. The molecule has 2 aromatic rings. The van der Waals surface area contributed by atoms with Gasteiger partial charge in [0, 0.05) is 18.5 Å². The van der Waals surface area contributed by atoms with E-state index < -0.39 is 10.0 Å². The molecule has 0 saturated carbocycles. The smallest absolute Gasteiger partial charge is 0.261 e. The van der Waals surface area contributed by atoms with Crippen molar-refractivity contribution in [2.45, 2.75) is 24.7 Å². The van der Waals surface area contributed by atoms with E-state index >= 15 is 0 Å². The van der Waals surface area contributed by atoms with E-state index in [0.29, 0.717) is 23.9 Å². The molecule has 146 valence electrons. The molecule has 6 nitrogen and oxygen atoms in total. The Morgan fingerprint density at radius 3 is 2.56 bits per heavy atom. The first-order valence-corrected chi connectivity index (χ1v) is 10.6. The van der Waals surface area contributed by atoms with Gasteiger partial charge < -0.3 is 10.1 Å². The lowest BCUT2D eigenvalue weighted by molar-refractivity contribution is -0.122. The maximum atomic E-state index is 12.6. The highest BCUT2D eigenvalue weighted by Gasteiger charge is 2.14. The molecule has 0 atom stereocenters. The van der Waals surface area contributed by atoms with Crippen molar-refractivity contribution in [1.29, 1.82) is 0 Å². The van der Waals surface area contributed by atoms with E-state index in [4.69, 9.17) is 16.3 Å². The molecule has 8 heteroatoms. The summed E-state index contributed by atoms with van der Waals surface area (Å²) in [5, 5.41) is 2.62. The molecule has 0 saturated heterocycles. The molecule has 0 aromatic heterocycles. The van der Waals surface area contributed by atoms with Crippen molar-refractivity contribution in [3.63, 3.8) is 0 Å². The van der Waals surface area contributed by atoms with Gasteiger partial charge in [0.25, 0.3) is 15.9 Å². The normalized spacial score (nSPS) is 11.0. The minimum absolute atomic E-state index is 0.131. The monoisotopic (exact) mass is 410 g/mol. The Morgan fingerprint density at radius 2 is 1.89 bits per heavy atom. The molecule has 0 radical (unpaired) electrons. The van der Waals surface area contributed by atoms with Crippen molar-refractivity contribution < 1.29 is 17.9 Å². The molecule has 0 unspecified atom stereocenters. The fraction of sp³-hybridized carbons (Fsp3) is 0.316. The van der Waals surface area contributed by atoms with Gasteiger partial charge in [0.15, 0.2) is 6.61 Å². The summed E-state index contributed by atoms with van der Waals surface area (Å²) >= 11 is 5.68. The fourth-order valence-corrected chi connectivity index (χ4v) is 3.55. The van der Waals surface area contributed by atoms with E-state index in [9.17, 15) is 13.2 Å². The van der Waals surface area contributed by atoms with Crippen LogP contribution in [0, 0.1) is 0 Å². The quantitative estimate of drug-likeness (QED) is 0.589. The van der Waals surface area contributed by atoms with Gasteiger partial charge in [-0.1, -0.05) is 18.2 Å². The third kappa shape index (κ3) is 6.77. The van der Waals surface area contributed by atoms with Gasteiger partial charge in [-0.3, -0.25) is 9.52 Å². The lowest BCUT2D eigenvalue weighted by Crippen LogP contribution is -2.28. The maximum Gasteiger partial charge on any atom is 0.261 e. The van der Waals surface area contributed by atoms with Gasteiger partial charge >= 0.3 is 0 Å². The van der Waals surface area contributed by atoms with Crippen molar-refractivity contribution in [2.24, 2.45) is 0 Å². The Kier molecular flexibility index (Phi) is 7.94. The molecule has 27 heavy (non-hydrogen) atoms. The van der Waals surface area contributed by atoms with Crippen molar-refractivity contribution in [3.8, 4) is 5.75 Å². The van der Waals surface area contributed by atoms with E-state index in [1.807, 2.05) is 6.92 Å². The number of rotatable bonds is 10. The second-order valence-corrected chi connectivity index (χ2v) is 7.87. The zero-order chi connectivity index (χ0) is 19.7. The average molecular weight is 411 g/mol. The number of sulfonamides is 1. The van der Waals surface area contributed by atoms with E-state index in [0.717, 1.165) is 18.4 Å². The van der Waals surface area contributed by atoms with E-state index in [1.54, 1.807) is 42.5 Å². The van der Waals surface area contributed by atoms with Gasteiger partial charge in [0.05, 0.1) is 10.6 Å². The molecule has 0 spiro atoms. The summed E-state index contributed by atoms with van der Waals surface area (Å²) in [5.41, 5.74) is 1.39. The van der Waals surface area contributed by atoms with Gasteiger partial charge in [0.1, 0.15) is 5.75 Å². The highest BCUT2D eigenvalue weighted by Crippen LogP contribution is 2.21. The molecule has 2 rings (SSSR count). The zero-order valence-corrected chi connectivity index (χ0v) is 16.6. The third-order valence-corrected chi connectivity index (χ3v) is 5.33.